The predicted octanol–water partition coefficient (Wildman–Crippen LogP) is -2.47. The molecule has 11 nitrogen and oxygen atoms in total. The fourth-order valence-electron chi connectivity index (χ4n) is 3.23. The Bertz CT molecular complexity index is 715. The zero-order chi connectivity index (χ0) is 21.8. The van der Waals surface area contributed by atoms with Gasteiger partial charge in [0.2, 0.25) is 0 Å². The third-order valence-corrected chi connectivity index (χ3v) is 5.04. The van der Waals surface area contributed by atoms with E-state index in [0.717, 1.165) is 0 Å². The Morgan fingerprint density at radius 1 is 0.933 bits per heavy atom. The van der Waals surface area contributed by atoms with Crippen molar-refractivity contribution in [2.24, 2.45) is 0 Å². The highest BCUT2D eigenvalue weighted by atomic mass is 16.7. The van der Waals surface area contributed by atoms with Gasteiger partial charge in [-0.15, -0.1) is 0 Å². The second-order valence-corrected chi connectivity index (χ2v) is 7.15. The van der Waals surface area contributed by atoms with Crippen LogP contribution in [0.25, 0.3) is 0 Å². The molecule has 1 aromatic rings. The summed E-state index contributed by atoms with van der Waals surface area (Å²) in [5.41, 5.74) is 0.510. The van der Waals surface area contributed by atoms with Crippen LogP contribution in [0.5, 0.6) is 0 Å². The van der Waals surface area contributed by atoms with E-state index >= 15 is 0 Å². The molecule has 0 unspecified atom stereocenters. The lowest BCUT2D eigenvalue weighted by molar-refractivity contribution is -0.325. The van der Waals surface area contributed by atoms with Gasteiger partial charge in [-0.2, -0.15) is 5.26 Å². The Kier molecular flexibility index (Phi) is 7.72. The van der Waals surface area contributed by atoms with E-state index in [1.165, 1.54) is 0 Å². The van der Waals surface area contributed by atoms with Crippen LogP contribution in [0.4, 0.5) is 0 Å². The fourth-order valence-corrected chi connectivity index (χ4v) is 3.23. The summed E-state index contributed by atoms with van der Waals surface area (Å²) in [6.45, 7) is -0.678. The van der Waals surface area contributed by atoms with Crippen molar-refractivity contribution in [3.8, 4) is 6.07 Å². The number of nitriles is 1. The Morgan fingerprint density at radius 2 is 1.60 bits per heavy atom. The molecule has 2 saturated heterocycles. The van der Waals surface area contributed by atoms with Gasteiger partial charge in [-0.25, -0.2) is 0 Å². The van der Waals surface area contributed by atoms with Crippen molar-refractivity contribution < 1.29 is 49.6 Å². The smallest absolute Gasteiger partial charge is 0.188 e. The lowest BCUT2D eigenvalue weighted by atomic mass is 9.99. The molecule has 30 heavy (non-hydrogen) atoms. The SMILES string of the molecule is N#C[C@H](O[C@@H]1O[C@H](CO[C@@H]2OC[C@@H](O)[C@H](O)[C@H]2O)[C@@H](O)[C@H](O)[C@H]1O)c1ccccc1. The normalized spacial score (nSPS) is 40.5. The minimum absolute atomic E-state index is 0.273. The molecule has 0 radical (unpaired) electrons. The van der Waals surface area contributed by atoms with Gasteiger partial charge in [0.15, 0.2) is 18.7 Å². The van der Waals surface area contributed by atoms with Gasteiger partial charge in [-0.1, -0.05) is 30.3 Å². The molecule has 0 saturated carbocycles. The first kappa shape index (κ1) is 23.0. The molecule has 0 spiro atoms. The highest BCUT2D eigenvalue weighted by Gasteiger charge is 2.46. The van der Waals surface area contributed by atoms with Crippen molar-refractivity contribution >= 4 is 0 Å². The molecule has 1 aromatic carbocycles. The van der Waals surface area contributed by atoms with E-state index in [0.29, 0.717) is 5.56 Å². The molecule has 2 aliphatic rings. The Labute approximate surface area is 172 Å². The van der Waals surface area contributed by atoms with E-state index in [4.69, 9.17) is 18.9 Å². The quantitative estimate of drug-likeness (QED) is 0.283. The topological polar surface area (TPSA) is 182 Å². The number of nitrogens with zero attached hydrogens (tertiary/aromatic N) is 1. The van der Waals surface area contributed by atoms with Crippen LogP contribution in [0.2, 0.25) is 0 Å². The average Bonchev–Trinajstić information content (AvgIpc) is 2.76. The van der Waals surface area contributed by atoms with Crippen molar-refractivity contribution in [1.82, 2.24) is 0 Å². The van der Waals surface area contributed by atoms with Crippen LogP contribution in [0.1, 0.15) is 11.7 Å². The Hall–Kier alpha value is -1.69. The Balaban J connectivity index is 1.63. The number of ether oxygens (including phenoxy) is 4. The molecule has 11 heteroatoms. The largest absolute Gasteiger partial charge is 0.388 e. The molecular formula is C19H25NO10. The van der Waals surface area contributed by atoms with E-state index in [9.17, 15) is 35.9 Å². The first-order chi connectivity index (χ1) is 14.3. The number of hydrogen-bond donors (Lipinski definition) is 6. The van der Waals surface area contributed by atoms with Gasteiger partial charge in [-0.3, -0.25) is 0 Å². The zero-order valence-electron chi connectivity index (χ0n) is 15.8. The number of aliphatic hydroxyl groups is 6. The van der Waals surface area contributed by atoms with Crippen molar-refractivity contribution in [3.63, 3.8) is 0 Å². The first-order valence-electron chi connectivity index (χ1n) is 9.40. The zero-order valence-corrected chi connectivity index (χ0v) is 15.8. The van der Waals surface area contributed by atoms with Crippen molar-refractivity contribution in [1.29, 1.82) is 5.26 Å². The summed E-state index contributed by atoms with van der Waals surface area (Å²) in [6.07, 6.45) is -14.2. The minimum atomic E-state index is -1.66. The summed E-state index contributed by atoms with van der Waals surface area (Å²) >= 11 is 0. The maximum Gasteiger partial charge on any atom is 0.188 e. The van der Waals surface area contributed by atoms with Gasteiger partial charge >= 0.3 is 0 Å². The number of hydrogen-bond acceptors (Lipinski definition) is 11. The van der Waals surface area contributed by atoms with Crippen molar-refractivity contribution in [2.45, 2.75) is 61.4 Å². The van der Waals surface area contributed by atoms with Crippen molar-refractivity contribution in [2.75, 3.05) is 13.2 Å². The molecule has 2 fully saturated rings. The summed E-state index contributed by atoms with van der Waals surface area (Å²) in [7, 11) is 0. The molecule has 0 bridgehead atoms. The van der Waals surface area contributed by atoms with E-state index in [-0.39, 0.29) is 6.61 Å². The molecule has 10 atom stereocenters. The maximum atomic E-state index is 10.2. The Morgan fingerprint density at radius 3 is 2.27 bits per heavy atom. The molecule has 2 heterocycles. The molecule has 0 aliphatic carbocycles. The van der Waals surface area contributed by atoms with Gasteiger partial charge in [0.25, 0.3) is 0 Å². The van der Waals surface area contributed by atoms with Crippen molar-refractivity contribution in [3.05, 3.63) is 35.9 Å². The number of aliphatic hydroxyl groups excluding tert-OH is 6. The fraction of sp³-hybridized carbons (Fsp3) is 0.632. The van der Waals surface area contributed by atoms with E-state index < -0.39 is 68.0 Å². The molecule has 166 valence electrons. The third-order valence-electron chi connectivity index (χ3n) is 5.04. The van der Waals surface area contributed by atoms with E-state index in [1.54, 1.807) is 30.3 Å². The van der Waals surface area contributed by atoms with Gasteiger partial charge < -0.3 is 49.6 Å². The molecular weight excluding hydrogens is 402 g/mol. The predicted molar refractivity (Wildman–Crippen MR) is 96.3 cm³/mol. The highest BCUT2D eigenvalue weighted by Crippen LogP contribution is 2.28. The van der Waals surface area contributed by atoms with Crippen LogP contribution < -0.4 is 0 Å². The molecule has 2 aliphatic heterocycles. The van der Waals surface area contributed by atoms with Gasteiger partial charge in [0.05, 0.1) is 19.3 Å². The van der Waals surface area contributed by atoms with Gasteiger partial charge in [0.1, 0.15) is 42.7 Å². The second-order valence-electron chi connectivity index (χ2n) is 7.15. The first-order valence-corrected chi connectivity index (χ1v) is 9.40. The standard InChI is InChI=1S/C19H25NO10/c20-6-11(9-4-2-1-3-5-9)29-19-17(26)15(24)14(23)12(30-19)8-28-18-16(25)13(22)10(21)7-27-18/h1-5,10-19,21-26H,7-8H2/t10-,11+,12-,13+,14-,15+,16-,17-,18+,19-/m1/s1. The second kappa shape index (κ2) is 10.1. The summed E-state index contributed by atoms with van der Waals surface area (Å²) < 4.78 is 21.5. The number of benzene rings is 1. The van der Waals surface area contributed by atoms with E-state index in [2.05, 4.69) is 0 Å². The van der Waals surface area contributed by atoms with Gasteiger partial charge in [-0.05, 0) is 5.56 Å². The van der Waals surface area contributed by atoms with Crippen LogP contribution in [-0.4, -0.2) is 99.2 Å². The monoisotopic (exact) mass is 427 g/mol. The lowest BCUT2D eigenvalue weighted by Crippen LogP contribution is -2.60. The van der Waals surface area contributed by atoms with Crippen LogP contribution in [0.3, 0.4) is 0 Å². The third kappa shape index (κ3) is 4.96. The average molecular weight is 427 g/mol. The van der Waals surface area contributed by atoms with Gasteiger partial charge in [0, 0.05) is 0 Å². The molecule has 6 N–H and O–H groups in total. The molecule has 0 amide bonds. The summed E-state index contributed by atoms with van der Waals surface area (Å²) in [5.74, 6) is 0. The molecule has 3 rings (SSSR count). The highest BCUT2D eigenvalue weighted by molar-refractivity contribution is 5.22. The lowest BCUT2D eigenvalue weighted by Gasteiger charge is -2.41. The number of rotatable bonds is 6. The van der Waals surface area contributed by atoms with Crippen LogP contribution in [0.15, 0.2) is 30.3 Å². The van der Waals surface area contributed by atoms with Crippen LogP contribution >= 0.6 is 0 Å². The van der Waals surface area contributed by atoms with Crippen LogP contribution in [0, 0.1) is 11.3 Å². The summed E-state index contributed by atoms with van der Waals surface area (Å²) in [5, 5.41) is 69.0. The maximum absolute atomic E-state index is 10.2. The molecule has 0 aromatic heterocycles. The summed E-state index contributed by atoms with van der Waals surface area (Å²) in [6, 6.07) is 10.4. The van der Waals surface area contributed by atoms with Crippen LogP contribution in [-0.2, 0) is 18.9 Å². The van der Waals surface area contributed by atoms with E-state index in [1.807, 2.05) is 6.07 Å². The summed E-state index contributed by atoms with van der Waals surface area (Å²) in [4.78, 5) is 0. The minimum Gasteiger partial charge on any atom is -0.388 e.